The Morgan fingerprint density at radius 3 is 2.31 bits per heavy atom. The molecule has 0 aliphatic carbocycles. The Morgan fingerprint density at radius 2 is 1.94 bits per heavy atom. The van der Waals surface area contributed by atoms with Gasteiger partial charge < -0.3 is 15.2 Å². The van der Waals surface area contributed by atoms with Gasteiger partial charge >= 0.3 is 6.09 Å². The molecule has 16 heavy (non-hydrogen) atoms. The number of nitrogens with one attached hydrogen (secondary N) is 1. The number of alkyl halides is 2. The Balaban J connectivity index is 3.97. The zero-order chi connectivity index (χ0) is 12.8. The number of aliphatic hydroxyl groups excluding tert-OH is 1. The van der Waals surface area contributed by atoms with Crippen LogP contribution in [0.4, 0.5) is 13.6 Å². The predicted molar refractivity (Wildman–Crippen MR) is 55.5 cm³/mol. The Hall–Kier alpha value is -0.910. The Bertz CT molecular complexity index is 217. The van der Waals surface area contributed by atoms with Crippen LogP contribution in [-0.2, 0) is 4.74 Å². The van der Waals surface area contributed by atoms with E-state index in [-0.39, 0.29) is 19.4 Å². The maximum absolute atomic E-state index is 11.9. The van der Waals surface area contributed by atoms with E-state index < -0.39 is 24.2 Å². The fourth-order valence-corrected chi connectivity index (χ4v) is 1.01. The molecule has 0 heterocycles. The van der Waals surface area contributed by atoms with Crippen molar-refractivity contribution in [2.75, 3.05) is 6.61 Å². The van der Waals surface area contributed by atoms with Crippen LogP contribution in [0.25, 0.3) is 0 Å². The number of hydrogen-bond donors (Lipinski definition) is 2. The predicted octanol–water partition coefficient (Wildman–Crippen LogP) is 1.92. The van der Waals surface area contributed by atoms with E-state index in [1.807, 2.05) is 0 Å². The van der Waals surface area contributed by atoms with Crippen molar-refractivity contribution in [1.82, 2.24) is 5.32 Å². The standard InChI is InChI=1S/C10H19F2NO3/c1-10(2,3)16-9(15)13-7(6-14)4-5-8(11)12/h7-8,14H,4-6H2,1-3H3,(H,13,15)/t7-/m1/s1. The molecule has 0 saturated carbocycles. The first-order chi connectivity index (χ1) is 7.24. The SMILES string of the molecule is CC(C)(C)OC(=O)N[C@@H](CO)CCC(F)F. The molecule has 96 valence electrons. The van der Waals surface area contributed by atoms with Crippen LogP contribution in [0, 0.1) is 0 Å². The Kier molecular flexibility index (Phi) is 6.25. The van der Waals surface area contributed by atoms with Gasteiger partial charge in [0.05, 0.1) is 12.6 Å². The van der Waals surface area contributed by atoms with Crippen molar-refractivity contribution in [3.8, 4) is 0 Å². The van der Waals surface area contributed by atoms with E-state index in [1.165, 1.54) is 0 Å². The number of halogens is 2. The molecule has 2 N–H and O–H groups in total. The molecule has 0 bridgehead atoms. The highest BCUT2D eigenvalue weighted by Crippen LogP contribution is 2.09. The number of ether oxygens (including phenoxy) is 1. The summed E-state index contributed by atoms with van der Waals surface area (Å²) in [4.78, 5) is 11.2. The quantitative estimate of drug-likeness (QED) is 0.770. The molecule has 0 spiro atoms. The van der Waals surface area contributed by atoms with Gasteiger partial charge in [-0.05, 0) is 27.2 Å². The van der Waals surface area contributed by atoms with Gasteiger partial charge in [0.25, 0.3) is 0 Å². The molecule has 0 radical (unpaired) electrons. The number of hydrogen-bond acceptors (Lipinski definition) is 3. The summed E-state index contributed by atoms with van der Waals surface area (Å²) in [5, 5.41) is 11.2. The second kappa shape index (κ2) is 6.62. The molecule has 0 saturated heterocycles. The van der Waals surface area contributed by atoms with E-state index in [4.69, 9.17) is 9.84 Å². The van der Waals surface area contributed by atoms with Crippen molar-refractivity contribution in [3.05, 3.63) is 0 Å². The summed E-state index contributed by atoms with van der Waals surface area (Å²) < 4.78 is 28.8. The molecule has 0 aliphatic heterocycles. The van der Waals surface area contributed by atoms with Gasteiger partial charge in [0.1, 0.15) is 5.60 Å². The number of rotatable bonds is 5. The molecule has 1 atom stereocenters. The van der Waals surface area contributed by atoms with Gasteiger partial charge in [-0.3, -0.25) is 0 Å². The minimum atomic E-state index is -2.44. The zero-order valence-electron chi connectivity index (χ0n) is 9.80. The van der Waals surface area contributed by atoms with Crippen molar-refractivity contribution < 1.29 is 23.4 Å². The fraction of sp³-hybridized carbons (Fsp3) is 0.900. The highest BCUT2D eigenvalue weighted by Gasteiger charge is 2.19. The third-order valence-electron chi connectivity index (χ3n) is 1.67. The van der Waals surface area contributed by atoms with Crippen LogP contribution in [0.3, 0.4) is 0 Å². The highest BCUT2D eigenvalue weighted by atomic mass is 19.3. The first kappa shape index (κ1) is 15.1. The van der Waals surface area contributed by atoms with Crippen molar-refractivity contribution in [2.45, 2.75) is 51.7 Å². The topological polar surface area (TPSA) is 58.6 Å². The van der Waals surface area contributed by atoms with E-state index in [2.05, 4.69) is 5.32 Å². The molecule has 0 rings (SSSR count). The van der Waals surface area contributed by atoms with Crippen LogP contribution < -0.4 is 5.32 Å². The minimum absolute atomic E-state index is 0.0212. The van der Waals surface area contributed by atoms with Gasteiger partial charge in [0, 0.05) is 6.42 Å². The number of carbonyl (C=O) groups is 1. The molecule has 0 unspecified atom stereocenters. The Morgan fingerprint density at radius 1 is 1.38 bits per heavy atom. The van der Waals surface area contributed by atoms with Gasteiger partial charge in [-0.2, -0.15) is 0 Å². The third-order valence-corrected chi connectivity index (χ3v) is 1.67. The highest BCUT2D eigenvalue weighted by molar-refractivity contribution is 5.68. The normalized spacial score (nSPS) is 13.7. The molecule has 6 heteroatoms. The largest absolute Gasteiger partial charge is 0.444 e. The zero-order valence-corrected chi connectivity index (χ0v) is 9.80. The second-order valence-electron chi connectivity index (χ2n) is 4.49. The fourth-order valence-electron chi connectivity index (χ4n) is 1.01. The van der Waals surface area contributed by atoms with Crippen LogP contribution >= 0.6 is 0 Å². The smallest absolute Gasteiger partial charge is 0.407 e. The summed E-state index contributed by atoms with van der Waals surface area (Å²) in [7, 11) is 0. The Labute approximate surface area is 94.0 Å². The lowest BCUT2D eigenvalue weighted by Crippen LogP contribution is -2.41. The molecular formula is C10H19F2NO3. The summed E-state index contributed by atoms with van der Waals surface area (Å²) in [5.74, 6) is 0. The summed E-state index contributed by atoms with van der Waals surface area (Å²) in [6, 6.07) is -0.691. The molecule has 1 amide bonds. The lowest BCUT2D eigenvalue weighted by molar-refractivity contribution is 0.0464. The lowest BCUT2D eigenvalue weighted by atomic mass is 10.2. The monoisotopic (exact) mass is 239 g/mol. The van der Waals surface area contributed by atoms with Gasteiger partial charge in [-0.15, -0.1) is 0 Å². The average Bonchev–Trinajstić information content (AvgIpc) is 2.08. The summed E-state index contributed by atoms with van der Waals surface area (Å²) >= 11 is 0. The van der Waals surface area contributed by atoms with E-state index in [1.54, 1.807) is 20.8 Å². The van der Waals surface area contributed by atoms with Gasteiger partial charge in [-0.1, -0.05) is 0 Å². The number of amides is 1. The molecular weight excluding hydrogens is 220 g/mol. The van der Waals surface area contributed by atoms with Crippen LogP contribution in [0.15, 0.2) is 0 Å². The molecule has 0 fully saturated rings. The maximum Gasteiger partial charge on any atom is 0.407 e. The van der Waals surface area contributed by atoms with Crippen LogP contribution in [-0.4, -0.2) is 35.9 Å². The summed E-state index contributed by atoms with van der Waals surface area (Å²) in [6.45, 7) is 4.70. The molecule has 0 aromatic heterocycles. The van der Waals surface area contributed by atoms with E-state index in [9.17, 15) is 13.6 Å². The van der Waals surface area contributed by atoms with Gasteiger partial charge in [-0.25, -0.2) is 13.6 Å². The maximum atomic E-state index is 11.9. The van der Waals surface area contributed by atoms with Crippen molar-refractivity contribution >= 4 is 6.09 Å². The number of carbonyl (C=O) groups excluding carboxylic acids is 1. The van der Waals surface area contributed by atoms with Crippen molar-refractivity contribution in [1.29, 1.82) is 0 Å². The van der Waals surface area contributed by atoms with E-state index in [0.29, 0.717) is 0 Å². The second-order valence-corrected chi connectivity index (χ2v) is 4.49. The van der Waals surface area contributed by atoms with Crippen LogP contribution in [0.5, 0.6) is 0 Å². The van der Waals surface area contributed by atoms with Crippen molar-refractivity contribution in [2.24, 2.45) is 0 Å². The molecule has 0 aromatic rings. The van der Waals surface area contributed by atoms with E-state index >= 15 is 0 Å². The third kappa shape index (κ3) is 8.40. The number of alkyl carbamates (subject to hydrolysis) is 1. The van der Waals surface area contributed by atoms with Gasteiger partial charge in [0.2, 0.25) is 6.43 Å². The lowest BCUT2D eigenvalue weighted by Gasteiger charge is -2.22. The number of aliphatic hydroxyl groups is 1. The minimum Gasteiger partial charge on any atom is -0.444 e. The van der Waals surface area contributed by atoms with Crippen molar-refractivity contribution in [3.63, 3.8) is 0 Å². The first-order valence-electron chi connectivity index (χ1n) is 5.13. The molecule has 0 aromatic carbocycles. The van der Waals surface area contributed by atoms with Gasteiger partial charge in [0.15, 0.2) is 0 Å². The average molecular weight is 239 g/mol. The van der Waals surface area contributed by atoms with Crippen LogP contribution in [0.2, 0.25) is 0 Å². The molecule has 4 nitrogen and oxygen atoms in total. The summed E-state index contributed by atoms with van der Waals surface area (Å²) in [6.07, 6.45) is -3.48. The molecule has 0 aliphatic rings. The summed E-state index contributed by atoms with van der Waals surface area (Å²) in [5.41, 5.74) is -0.646. The van der Waals surface area contributed by atoms with Crippen LogP contribution in [0.1, 0.15) is 33.6 Å². The first-order valence-corrected chi connectivity index (χ1v) is 5.13. The van der Waals surface area contributed by atoms with E-state index in [0.717, 1.165) is 0 Å².